The van der Waals surface area contributed by atoms with Crippen LogP contribution in [0.5, 0.6) is 0 Å². The molecule has 2 aromatic rings. The average molecular weight is 264 g/mol. The van der Waals surface area contributed by atoms with Gasteiger partial charge in [-0.3, -0.25) is 4.79 Å². The highest BCUT2D eigenvalue weighted by Crippen LogP contribution is 2.30. The summed E-state index contributed by atoms with van der Waals surface area (Å²) in [5.41, 5.74) is 2.63. The fraction of sp³-hybridized carbons (Fsp3) is 0.231. The fourth-order valence-electron chi connectivity index (χ4n) is 1.75. The van der Waals surface area contributed by atoms with Gasteiger partial charge in [0.15, 0.2) is 5.15 Å². The highest BCUT2D eigenvalue weighted by molar-refractivity contribution is 6.32. The molecule has 1 aromatic carbocycles. The molecule has 0 aliphatic heterocycles. The average Bonchev–Trinajstić information content (AvgIpc) is 2.65. The zero-order chi connectivity index (χ0) is 13.3. The molecule has 0 N–H and O–H groups in total. The number of carbonyl (C=O) groups excluding carboxylic acids is 1. The second-order valence-electron chi connectivity index (χ2n) is 4.05. The first kappa shape index (κ1) is 12.6. The van der Waals surface area contributed by atoms with Gasteiger partial charge in [0.1, 0.15) is 0 Å². The minimum Gasteiger partial charge on any atom is -0.273 e. The van der Waals surface area contributed by atoms with E-state index in [9.17, 15) is 4.79 Å². The van der Waals surface area contributed by atoms with Crippen LogP contribution in [0.15, 0.2) is 30.3 Å². The van der Waals surface area contributed by atoms with Crippen molar-refractivity contribution < 1.29 is 4.79 Å². The van der Waals surface area contributed by atoms with Crippen LogP contribution in [0.1, 0.15) is 12.6 Å². The highest BCUT2D eigenvalue weighted by Gasteiger charge is 2.18. The standard InChI is InChI=1S/C13H14ClN3O/c1-9-12(11-7-5-4-6-8-11)13(14)17(15-9)16(3)10(2)18/h4-8H,1-3H3. The Morgan fingerprint density at radius 1 is 1.33 bits per heavy atom. The minimum absolute atomic E-state index is 0.126. The van der Waals surface area contributed by atoms with E-state index in [1.807, 2.05) is 37.3 Å². The van der Waals surface area contributed by atoms with Gasteiger partial charge in [-0.2, -0.15) is 9.89 Å². The van der Waals surface area contributed by atoms with E-state index in [1.54, 1.807) is 7.05 Å². The summed E-state index contributed by atoms with van der Waals surface area (Å²) in [6, 6.07) is 9.76. The minimum atomic E-state index is -0.126. The number of amides is 1. The van der Waals surface area contributed by atoms with Gasteiger partial charge in [0, 0.05) is 19.5 Å². The van der Waals surface area contributed by atoms with Crippen LogP contribution in [0.3, 0.4) is 0 Å². The van der Waals surface area contributed by atoms with E-state index in [2.05, 4.69) is 5.10 Å². The Bertz CT molecular complexity index is 577. The maximum atomic E-state index is 11.4. The SMILES string of the molecule is CC(=O)N(C)n1nc(C)c(-c2ccccc2)c1Cl. The predicted octanol–water partition coefficient (Wildman–Crippen LogP) is 2.63. The van der Waals surface area contributed by atoms with Crippen LogP contribution in [0.25, 0.3) is 11.1 Å². The van der Waals surface area contributed by atoms with Crippen LogP contribution in [-0.4, -0.2) is 22.8 Å². The van der Waals surface area contributed by atoms with Gasteiger partial charge in [0.2, 0.25) is 5.91 Å². The van der Waals surface area contributed by atoms with Gasteiger partial charge in [0.25, 0.3) is 0 Å². The number of hydrogen-bond donors (Lipinski definition) is 0. The molecular formula is C13H14ClN3O. The summed E-state index contributed by atoms with van der Waals surface area (Å²) in [6.45, 7) is 3.34. The molecule has 1 aromatic heterocycles. The van der Waals surface area contributed by atoms with E-state index >= 15 is 0 Å². The van der Waals surface area contributed by atoms with Gasteiger partial charge in [0.05, 0.1) is 5.69 Å². The smallest absolute Gasteiger partial charge is 0.239 e. The second kappa shape index (κ2) is 4.82. The van der Waals surface area contributed by atoms with E-state index in [0.29, 0.717) is 5.15 Å². The molecule has 1 heterocycles. The van der Waals surface area contributed by atoms with Crippen molar-refractivity contribution in [1.29, 1.82) is 0 Å². The topological polar surface area (TPSA) is 38.1 Å². The van der Waals surface area contributed by atoms with Crippen molar-refractivity contribution in [3.05, 3.63) is 41.2 Å². The van der Waals surface area contributed by atoms with E-state index in [4.69, 9.17) is 11.6 Å². The molecule has 2 rings (SSSR count). The van der Waals surface area contributed by atoms with Crippen molar-refractivity contribution in [2.45, 2.75) is 13.8 Å². The summed E-state index contributed by atoms with van der Waals surface area (Å²) in [7, 11) is 1.63. The first-order valence-corrected chi connectivity index (χ1v) is 5.95. The third kappa shape index (κ3) is 2.11. The molecule has 0 aliphatic rings. The summed E-state index contributed by atoms with van der Waals surface area (Å²) in [6.07, 6.45) is 0. The third-order valence-electron chi connectivity index (χ3n) is 2.79. The molecule has 0 saturated carbocycles. The zero-order valence-corrected chi connectivity index (χ0v) is 11.3. The number of benzene rings is 1. The molecule has 5 heteroatoms. The molecule has 0 saturated heterocycles. The number of aryl methyl sites for hydroxylation is 1. The molecule has 0 atom stereocenters. The van der Waals surface area contributed by atoms with Crippen LogP contribution in [0, 0.1) is 6.92 Å². The van der Waals surface area contributed by atoms with Crippen molar-refractivity contribution >= 4 is 17.5 Å². The lowest BCUT2D eigenvalue weighted by molar-refractivity contribution is -0.117. The van der Waals surface area contributed by atoms with Crippen molar-refractivity contribution in [1.82, 2.24) is 9.89 Å². The maximum Gasteiger partial charge on any atom is 0.239 e. The number of carbonyl (C=O) groups is 1. The van der Waals surface area contributed by atoms with Crippen molar-refractivity contribution in [3.8, 4) is 11.1 Å². The normalized spacial score (nSPS) is 10.4. The van der Waals surface area contributed by atoms with Gasteiger partial charge in [-0.05, 0) is 12.5 Å². The van der Waals surface area contributed by atoms with Crippen LogP contribution in [0.2, 0.25) is 5.15 Å². The van der Waals surface area contributed by atoms with Crippen LogP contribution in [0.4, 0.5) is 0 Å². The quantitative estimate of drug-likeness (QED) is 0.835. The van der Waals surface area contributed by atoms with E-state index in [0.717, 1.165) is 16.8 Å². The summed E-state index contributed by atoms with van der Waals surface area (Å²) in [4.78, 5) is 12.8. The molecule has 18 heavy (non-hydrogen) atoms. The Balaban J connectivity index is 2.55. The summed E-state index contributed by atoms with van der Waals surface area (Å²) < 4.78 is 0. The lowest BCUT2D eigenvalue weighted by atomic mass is 10.1. The first-order chi connectivity index (χ1) is 8.52. The van der Waals surface area contributed by atoms with E-state index in [-0.39, 0.29) is 5.91 Å². The van der Waals surface area contributed by atoms with Crippen LogP contribution < -0.4 is 5.01 Å². The molecule has 0 fully saturated rings. The molecule has 0 unspecified atom stereocenters. The van der Waals surface area contributed by atoms with Crippen molar-refractivity contribution in [2.24, 2.45) is 0 Å². The molecule has 1 amide bonds. The number of rotatable bonds is 2. The lowest BCUT2D eigenvalue weighted by Crippen LogP contribution is -2.35. The molecular weight excluding hydrogens is 250 g/mol. The number of halogens is 1. The molecule has 0 spiro atoms. The van der Waals surface area contributed by atoms with Gasteiger partial charge in [-0.15, -0.1) is 0 Å². The lowest BCUT2D eigenvalue weighted by Gasteiger charge is -2.15. The Morgan fingerprint density at radius 2 is 1.94 bits per heavy atom. The van der Waals surface area contributed by atoms with Crippen molar-refractivity contribution in [3.63, 3.8) is 0 Å². The van der Waals surface area contributed by atoms with Gasteiger partial charge in [-0.1, -0.05) is 41.9 Å². The maximum absolute atomic E-state index is 11.4. The fourth-order valence-corrected chi connectivity index (χ4v) is 2.15. The number of nitrogens with zero attached hydrogens (tertiary/aromatic N) is 3. The first-order valence-electron chi connectivity index (χ1n) is 5.57. The van der Waals surface area contributed by atoms with Gasteiger partial charge >= 0.3 is 0 Å². The highest BCUT2D eigenvalue weighted by atomic mass is 35.5. The second-order valence-corrected chi connectivity index (χ2v) is 4.41. The largest absolute Gasteiger partial charge is 0.273 e. The van der Waals surface area contributed by atoms with E-state index in [1.165, 1.54) is 16.7 Å². The number of hydrogen-bond acceptors (Lipinski definition) is 2. The molecule has 0 bridgehead atoms. The number of aromatic nitrogens is 2. The van der Waals surface area contributed by atoms with Gasteiger partial charge < -0.3 is 0 Å². The van der Waals surface area contributed by atoms with Gasteiger partial charge in [-0.25, -0.2) is 5.01 Å². The summed E-state index contributed by atoms with van der Waals surface area (Å²) >= 11 is 6.31. The monoisotopic (exact) mass is 263 g/mol. The third-order valence-corrected chi connectivity index (χ3v) is 3.13. The zero-order valence-electron chi connectivity index (χ0n) is 10.5. The molecule has 94 valence electrons. The molecule has 0 radical (unpaired) electrons. The summed E-state index contributed by atoms with van der Waals surface area (Å²) in [5.74, 6) is -0.126. The Labute approximate surface area is 111 Å². The van der Waals surface area contributed by atoms with E-state index < -0.39 is 0 Å². The Morgan fingerprint density at radius 3 is 2.50 bits per heavy atom. The summed E-state index contributed by atoms with van der Waals surface area (Å²) in [5, 5.41) is 6.12. The van der Waals surface area contributed by atoms with Crippen molar-refractivity contribution in [2.75, 3.05) is 12.1 Å². The predicted molar refractivity (Wildman–Crippen MR) is 72.2 cm³/mol. The van der Waals surface area contributed by atoms with Crippen LogP contribution >= 0.6 is 11.6 Å². The Hall–Kier alpha value is -1.81. The van der Waals surface area contributed by atoms with Crippen LogP contribution in [-0.2, 0) is 4.79 Å². The Kier molecular flexibility index (Phi) is 3.39. The molecule has 0 aliphatic carbocycles. The molecule has 4 nitrogen and oxygen atoms in total.